The highest BCUT2D eigenvalue weighted by molar-refractivity contribution is 7.98. The second-order valence-corrected chi connectivity index (χ2v) is 4.83. The molecule has 18 heavy (non-hydrogen) atoms. The molecule has 0 saturated heterocycles. The molecule has 2 heterocycles. The van der Waals surface area contributed by atoms with Crippen LogP contribution in [0.1, 0.15) is 11.3 Å². The van der Waals surface area contributed by atoms with E-state index in [2.05, 4.69) is 15.1 Å². The number of rotatable bonds is 3. The maximum atomic E-state index is 5.02. The second-order valence-electron chi connectivity index (χ2n) is 3.88. The summed E-state index contributed by atoms with van der Waals surface area (Å²) in [5, 5.41) is 4.54. The molecule has 0 N–H and O–H groups in total. The van der Waals surface area contributed by atoms with E-state index in [0.717, 1.165) is 33.6 Å². The van der Waals surface area contributed by atoms with Gasteiger partial charge in [0.2, 0.25) is 0 Å². The van der Waals surface area contributed by atoms with Crippen LogP contribution in [0.2, 0.25) is 0 Å². The molecule has 1 aliphatic heterocycles. The van der Waals surface area contributed by atoms with Crippen molar-refractivity contribution in [2.24, 2.45) is 0 Å². The van der Waals surface area contributed by atoms with Crippen molar-refractivity contribution in [1.29, 1.82) is 0 Å². The first-order valence-corrected chi connectivity index (χ1v) is 6.57. The number of nitrogens with zero attached hydrogens (tertiary/aromatic N) is 3. The third-order valence-corrected chi connectivity index (χ3v) is 3.53. The van der Waals surface area contributed by atoms with Gasteiger partial charge in [0.05, 0.1) is 17.6 Å². The highest BCUT2D eigenvalue weighted by Crippen LogP contribution is 2.26. The summed E-state index contributed by atoms with van der Waals surface area (Å²) < 4.78 is 5.02. The maximum absolute atomic E-state index is 5.02. The number of imidazole rings is 1. The monoisotopic (exact) mass is 257 g/mol. The molecule has 3 rings (SSSR count). The summed E-state index contributed by atoms with van der Waals surface area (Å²) in [6, 6.07) is 9.84. The van der Waals surface area contributed by atoms with Crippen LogP contribution in [0.5, 0.6) is 0 Å². The molecule has 0 amide bonds. The van der Waals surface area contributed by atoms with Crippen molar-refractivity contribution < 1.29 is 4.52 Å². The van der Waals surface area contributed by atoms with Crippen molar-refractivity contribution >= 4 is 11.8 Å². The Morgan fingerprint density at radius 2 is 1.83 bits per heavy atom. The Kier molecular flexibility index (Phi) is 2.98. The van der Waals surface area contributed by atoms with Crippen molar-refractivity contribution in [3.8, 4) is 11.4 Å². The second kappa shape index (κ2) is 4.78. The molecular formula is C13H11N3OS. The predicted octanol–water partition coefficient (Wildman–Crippen LogP) is 3.17. The minimum atomic E-state index is 0.776. The largest absolute Gasteiger partial charge is 0.361 e. The molecule has 0 radical (unpaired) electrons. The Balaban J connectivity index is 1.80. The lowest BCUT2D eigenvalue weighted by Gasteiger charge is -1.93. The van der Waals surface area contributed by atoms with E-state index in [1.165, 1.54) is 0 Å². The number of thioether (sulfide) groups is 1. The summed E-state index contributed by atoms with van der Waals surface area (Å²) >= 11 is 1.59. The molecule has 0 spiro atoms. The molecule has 0 aromatic carbocycles. The lowest BCUT2D eigenvalue weighted by molar-refractivity contribution is 0.396. The van der Waals surface area contributed by atoms with Crippen molar-refractivity contribution in [3.05, 3.63) is 47.9 Å². The average molecular weight is 257 g/mol. The van der Waals surface area contributed by atoms with Gasteiger partial charge in [-0.05, 0) is 19.1 Å². The Hall–Kier alpha value is -1.88. The minimum Gasteiger partial charge on any atom is -0.361 e. The van der Waals surface area contributed by atoms with Gasteiger partial charge in [-0.3, -0.25) is 0 Å². The summed E-state index contributed by atoms with van der Waals surface area (Å²) in [5.41, 5.74) is 2.92. The number of hydrogen-bond acceptors (Lipinski definition) is 5. The van der Waals surface area contributed by atoms with Gasteiger partial charge in [0.1, 0.15) is 5.76 Å². The molecule has 0 atom stereocenters. The van der Waals surface area contributed by atoms with Crippen LogP contribution in [0, 0.1) is 6.92 Å². The third kappa shape index (κ3) is 2.22. The zero-order chi connectivity index (χ0) is 12.4. The van der Waals surface area contributed by atoms with E-state index in [0.29, 0.717) is 0 Å². The molecule has 1 aromatic heterocycles. The van der Waals surface area contributed by atoms with Gasteiger partial charge in [0.15, 0.2) is 5.16 Å². The lowest BCUT2D eigenvalue weighted by Crippen LogP contribution is -1.81. The summed E-state index contributed by atoms with van der Waals surface area (Å²) in [6.45, 7) is 1.91. The molecule has 0 bridgehead atoms. The molecule has 4 nitrogen and oxygen atoms in total. The topological polar surface area (TPSA) is 51.8 Å². The number of fused-ring (bicyclic) bond motifs is 1. The van der Waals surface area contributed by atoms with Gasteiger partial charge in [-0.2, -0.15) is 0 Å². The van der Waals surface area contributed by atoms with Crippen molar-refractivity contribution in [1.82, 2.24) is 15.1 Å². The normalized spacial score (nSPS) is 10.9. The molecule has 2 aliphatic rings. The van der Waals surface area contributed by atoms with Gasteiger partial charge in [0.25, 0.3) is 0 Å². The lowest BCUT2D eigenvalue weighted by atomic mass is 10.3. The van der Waals surface area contributed by atoms with Crippen LogP contribution >= 0.6 is 11.8 Å². The predicted molar refractivity (Wildman–Crippen MR) is 69.5 cm³/mol. The molecule has 0 saturated carbocycles. The van der Waals surface area contributed by atoms with Crippen LogP contribution in [0.3, 0.4) is 0 Å². The van der Waals surface area contributed by atoms with Gasteiger partial charge < -0.3 is 4.52 Å². The standard InChI is InChI=1S/C13H11N3OS/c1-9-10(7-14-17-9)8-18-13-15-11-5-3-2-4-6-12(11)16-13/h2-7H,8H2,1H3. The van der Waals surface area contributed by atoms with Gasteiger partial charge in [-0.1, -0.05) is 35.1 Å². The maximum Gasteiger partial charge on any atom is 0.189 e. The fraction of sp³-hybridized carbons (Fsp3) is 0.154. The van der Waals surface area contributed by atoms with Crippen molar-refractivity contribution in [3.63, 3.8) is 0 Å². The Labute approximate surface area is 109 Å². The molecule has 0 unspecified atom stereocenters. The molecule has 5 heteroatoms. The summed E-state index contributed by atoms with van der Waals surface area (Å²) in [5.74, 6) is 1.63. The summed E-state index contributed by atoms with van der Waals surface area (Å²) in [6.07, 6.45) is 1.74. The highest BCUT2D eigenvalue weighted by atomic mass is 32.2. The van der Waals surface area contributed by atoms with Gasteiger partial charge in [0, 0.05) is 11.3 Å². The molecular weight excluding hydrogens is 246 g/mol. The van der Waals surface area contributed by atoms with Gasteiger partial charge in [-0.25, -0.2) is 9.97 Å². The zero-order valence-electron chi connectivity index (χ0n) is 9.83. The van der Waals surface area contributed by atoms with Crippen molar-refractivity contribution in [2.75, 3.05) is 0 Å². The Morgan fingerprint density at radius 1 is 1.11 bits per heavy atom. The first-order valence-electron chi connectivity index (χ1n) is 5.59. The minimum absolute atomic E-state index is 0.776. The Bertz CT molecular complexity index is 607. The van der Waals surface area contributed by atoms with Crippen LogP contribution < -0.4 is 0 Å². The molecule has 90 valence electrons. The number of aromatic nitrogens is 3. The van der Waals surface area contributed by atoms with E-state index < -0.39 is 0 Å². The molecule has 1 aromatic rings. The molecule has 0 fully saturated rings. The van der Waals surface area contributed by atoms with Crippen LogP contribution in [-0.4, -0.2) is 15.1 Å². The first kappa shape index (κ1) is 11.2. The van der Waals surface area contributed by atoms with E-state index in [1.807, 2.05) is 37.3 Å². The van der Waals surface area contributed by atoms with E-state index in [-0.39, 0.29) is 0 Å². The highest BCUT2D eigenvalue weighted by Gasteiger charge is 2.10. The Morgan fingerprint density at radius 3 is 2.44 bits per heavy atom. The summed E-state index contributed by atoms with van der Waals surface area (Å²) in [7, 11) is 0. The fourth-order valence-electron chi connectivity index (χ4n) is 1.61. The number of hydrogen-bond donors (Lipinski definition) is 0. The van der Waals surface area contributed by atoms with E-state index in [4.69, 9.17) is 4.52 Å². The summed E-state index contributed by atoms with van der Waals surface area (Å²) in [4.78, 5) is 8.97. The van der Waals surface area contributed by atoms with Crippen LogP contribution in [0.15, 0.2) is 46.2 Å². The molecule has 1 aliphatic carbocycles. The van der Waals surface area contributed by atoms with Crippen LogP contribution in [0.25, 0.3) is 11.4 Å². The SMILES string of the molecule is Cc1oncc1CSc1nc2cccccc-2n1. The van der Waals surface area contributed by atoms with Gasteiger partial charge in [-0.15, -0.1) is 0 Å². The zero-order valence-corrected chi connectivity index (χ0v) is 10.6. The number of aryl methyl sites for hydroxylation is 1. The van der Waals surface area contributed by atoms with Crippen LogP contribution in [-0.2, 0) is 5.75 Å². The van der Waals surface area contributed by atoms with Crippen molar-refractivity contribution in [2.45, 2.75) is 17.8 Å². The van der Waals surface area contributed by atoms with E-state index >= 15 is 0 Å². The quantitative estimate of drug-likeness (QED) is 0.674. The smallest absolute Gasteiger partial charge is 0.189 e. The average Bonchev–Trinajstić information content (AvgIpc) is 2.88. The van der Waals surface area contributed by atoms with Crippen LogP contribution in [0.4, 0.5) is 0 Å². The first-order chi connectivity index (χ1) is 8.83. The third-order valence-electron chi connectivity index (χ3n) is 2.63. The fourth-order valence-corrected chi connectivity index (χ4v) is 2.50. The van der Waals surface area contributed by atoms with Gasteiger partial charge >= 0.3 is 0 Å². The van der Waals surface area contributed by atoms with E-state index in [9.17, 15) is 0 Å². The van der Waals surface area contributed by atoms with E-state index in [1.54, 1.807) is 18.0 Å².